The van der Waals surface area contributed by atoms with Gasteiger partial charge in [0.2, 0.25) is 0 Å². The fourth-order valence-corrected chi connectivity index (χ4v) is 2.93. The molecule has 1 amide bonds. The number of thioether (sulfide) groups is 1. The maximum atomic E-state index is 12.1. The number of halogens is 2. The van der Waals surface area contributed by atoms with E-state index in [1.165, 1.54) is 0 Å². The van der Waals surface area contributed by atoms with E-state index < -0.39 is 0 Å². The summed E-state index contributed by atoms with van der Waals surface area (Å²) in [5, 5.41) is 0.270. The average molecular weight is 322 g/mol. The second kappa shape index (κ2) is 5.38. The van der Waals surface area contributed by atoms with Crippen molar-refractivity contribution in [3.63, 3.8) is 0 Å². The third-order valence-corrected chi connectivity index (χ3v) is 4.01. The molecular formula is C10H10BrClN2OS. The number of hydrogen-bond donors (Lipinski definition) is 0. The van der Waals surface area contributed by atoms with Crippen molar-refractivity contribution in [1.82, 2.24) is 9.88 Å². The lowest BCUT2D eigenvalue weighted by Gasteiger charge is -2.26. The van der Waals surface area contributed by atoms with Gasteiger partial charge in [-0.15, -0.1) is 0 Å². The van der Waals surface area contributed by atoms with E-state index in [0.717, 1.165) is 29.1 Å². The molecule has 16 heavy (non-hydrogen) atoms. The maximum absolute atomic E-state index is 12.1. The Balaban J connectivity index is 2.22. The first-order chi connectivity index (χ1) is 7.68. The van der Waals surface area contributed by atoms with E-state index in [4.69, 9.17) is 11.6 Å². The second-order valence-corrected chi connectivity index (χ2v) is 5.89. The van der Waals surface area contributed by atoms with Crippen LogP contribution in [0.3, 0.4) is 0 Å². The van der Waals surface area contributed by atoms with Gasteiger partial charge in [-0.05, 0) is 22.0 Å². The largest absolute Gasteiger partial charge is 0.337 e. The summed E-state index contributed by atoms with van der Waals surface area (Å²) >= 11 is 11.1. The van der Waals surface area contributed by atoms with Gasteiger partial charge in [-0.25, -0.2) is 4.98 Å². The standard InChI is InChI=1S/C10H10BrClN2OS/c11-7-5-8(9(12)13-6-7)10(15)14-1-3-16-4-2-14/h5-6H,1-4H2. The SMILES string of the molecule is O=C(c1cc(Br)cnc1Cl)N1CCSCC1. The molecule has 0 N–H and O–H groups in total. The molecule has 1 aromatic rings. The highest BCUT2D eigenvalue weighted by Crippen LogP contribution is 2.21. The predicted molar refractivity (Wildman–Crippen MR) is 70.2 cm³/mol. The molecule has 1 saturated heterocycles. The van der Waals surface area contributed by atoms with E-state index >= 15 is 0 Å². The molecule has 3 nitrogen and oxygen atoms in total. The number of rotatable bonds is 1. The van der Waals surface area contributed by atoms with Crippen molar-refractivity contribution in [2.45, 2.75) is 0 Å². The van der Waals surface area contributed by atoms with Gasteiger partial charge >= 0.3 is 0 Å². The highest BCUT2D eigenvalue weighted by molar-refractivity contribution is 9.10. The molecule has 2 heterocycles. The minimum absolute atomic E-state index is 0.0286. The van der Waals surface area contributed by atoms with E-state index in [2.05, 4.69) is 20.9 Å². The van der Waals surface area contributed by atoms with Gasteiger partial charge in [0.1, 0.15) is 5.15 Å². The van der Waals surface area contributed by atoms with Gasteiger partial charge in [0.05, 0.1) is 5.56 Å². The summed E-state index contributed by atoms with van der Waals surface area (Å²) in [6.45, 7) is 1.57. The smallest absolute Gasteiger partial charge is 0.257 e. The average Bonchev–Trinajstić information content (AvgIpc) is 2.32. The summed E-state index contributed by atoms with van der Waals surface area (Å²) in [6, 6.07) is 1.72. The van der Waals surface area contributed by atoms with Crippen LogP contribution in [0.2, 0.25) is 5.15 Å². The number of pyridine rings is 1. The molecule has 0 radical (unpaired) electrons. The van der Waals surface area contributed by atoms with Gasteiger partial charge in [0.25, 0.3) is 5.91 Å². The summed E-state index contributed by atoms with van der Waals surface area (Å²) < 4.78 is 0.770. The van der Waals surface area contributed by atoms with Crippen LogP contribution in [-0.4, -0.2) is 40.4 Å². The predicted octanol–water partition coefficient (Wildman–Crippen LogP) is 2.69. The van der Waals surface area contributed by atoms with Crippen molar-refractivity contribution < 1.29 is 4.79 Å². The van der Waals surface area contributed by atoms with Crippen molar-refractivity contribution in [1.29, 1.82) is 0 Å². The maximum Gasteiger partial charge on any atom is 0.257 e. The molecule has 1 fully saturated rings. The zero-order chi connectivity index (χ0) is 11.5. The number of aromatic nitrogens is 1. The third-order valence-electron chi connectivity index (χ3n) is 2.33. The normalized spacial score (nSPS) is 16.2. The minimum Gasteiger partial charge on any atom is -0.337 e. The fraction of sp³-hybridized carbons (Fsp3) is 0.400. The molecule has 0 spiro atoms. The first-order valence-corrected chi connectivity index (χ1v) is 7.19. The van der Waals surface area contributed by atoms with E-state index in [-0.39, 0.29) is 11.1 Å². The quantitative estimate of drug-likeness (QED) is 0.746. The third kappa shape index (κ3) is 2.70. The van der Waals surface area contributed by atoms with Gasteiger partial charge in [-0.1, -0.05) is 11.6 Å². The van der Waals surface area contributed by atoms with Crippen LogP contribution >= 0.6 is 39.3 Å². The zero-order valence-electron chi connectivity index (χ0n) is 8.45. The Morgan fingerprint density at radius 1 is 1.50 bits per heavy atom. The van der Waals surface area contributed by atoms with Gasteiger partial charge in [0.15, 0.2) is 0 Å². The van der Waals surface area contributed by atoms with Crippen molar-refractivity contribution in [2.75, 3.05) is 24.6 Å². The first-order valence-electron chi connectivity index (χ1n) is 4.86. The molecule has 6 heteroatoms. The van der Waals surface area contributed by atoms with Gasteiger partial charge < -0.3 is 4.90 Å². The zero-order valence-corrected chi connectivity index (χ0v) is 11.6. The summed E-state index contributed by atoms with van der Waals surface area (Å²) in [5.74, 6) is 1.95. The van der Waals surface area contributed by atoms with Crippen LogP contribution in [-0.2, 0) is 0 Å². The van der Waals surface area contributed by atoms with Crippen molar-refractivity contribution in [3.8, 4) is 0 Å². The van der Waals surface area contributed by atoms with Crippen LogP contribution in [0.25, 0.3) is 0 Å². The van der Waals surface area contributed by atoms with Gasteiger partial charge in [-0.3, -0.25) is 4.79 Å². The van der Waals surface area contributed by atoms with Crippen LogP contribution < -0.4 is 0 Å². The molecule has 2 rings (SSSR count). The van der Waals surface area contributed by atoms with Crippen LogP contribution in [0.5, 0.6) is 0 Å². The molecule has 1 aromatic heterocycles. The molecular weight excluding hydrogens is 312 g/mol. The Hall–Kier alpha value is -0.260. The lowest BCUT2D eigenvalue weighted by Crippen LogP contribution is -2.38. The van der Waals surface area contributed by atoms with Crippen molar-refractivity contribution in [2.24, 2.45) is 0 Å². The summed E-state index contributed by atoms with van der Waals surface area (Å²) in [4.78, 5) is 17.9. The lowest BCUT2D eigenvalue weighted by molar-refractivity contribution is 0.0772. The van der Waals surface area contributed by atoms with E-state index in [9.17, 15) is 4.79 Å². The van der Waals surface area contributed by atoms with E-state index in [1.807, 2.05) is 16.7 Å². The van der Waals surface area contributed by atoms with Crippen LogP contribution in [0.4, 0.5) is 0 Å². The van der Waals surface area contributed by atoms with Crippen molar-refractivity contribution in [3.05, 3.63) is 27.5 Å². The Labute approximate surface area is 112 Å². The Morgan fingerprint density at radius 3 is 2.88 bits per heavy atom. The summed E-state index contributed by atoms with van der Waals surface area (Å²) in [6.07, 6.45) is 1.59. The lowest BCUT2D eigenvalue weighted by atomic mass is 10.2. The number of nitrogens with zero attached hydrogens (tertiary/aromatic N) is 2. The Kier molecular flexibility index (Phi) is 4.10. The molecule has 0 aliphatic carbocycles. The molecule has 1 aliphatic rings. The number of carbonyl (C=O) groups is 1. The van der Waals surface area contributed by atoms with Crippen molar-refractivity contribution >= 4 is 45.2 Å². The summed E-state index contributed by atoms with van der Waals surface area (Å²) in [5.41, 5.74) is 0.475. The topological polar surface area (TPSA) is 33.2 Å². The molecule has 0 aromatic carbocycles. The van der Waals surface area contributed by atoms with Crippen LogP contribution in [0.1, 0.15) is 10.4 Å². The molecule has 1 aliphatic heterocycles. The fourth-order valence-electron chi connectivity index (χ4n) is 1.51. The molecule has 86 valence electrons. The van der Waals surface area contributed by atoms with Crippen LogP contribution in [0, 0.1) is 0 Å². The molecule has 0 unspecified atom stereocenters. The highest BCUT2D eigenvalue weighted by atomic mass is 79.9. The van der Waals surface area contributed by atoms with Gasteiger partial charge in [0, 0.05) is 35.3 Å². The molecule has 0 atom stereocenters. The monoisotopic (exact) mass is 320 g/mol. The van der Waals surface area contributed by atoms with E-state index in [0.29, 0.717) is 5.56 Å². The van der Waals surface area contributed by atoms with Crippen LogP contribution in [0.15, 0.2) is 16.7 Å². The molecule has 0 bridgehead atoms. The summed E-state index contributed by atoms with van der Waals surface area (Å²) in [7, 11) is 0. The van der Waals surface area contributed by atoms with E-state index in [1.54, 1.807) is 12.3 Å². The number of hydrogen-bond acceptors (Lipinski definition) is 3. The number of amides is 1. The Bertz CT molecular complexity index is 410. The first kappa shape index (κ1) is 12.2. The minimum atomic E-state index is -0.0286. The Morgan fingerprint density at radius 2 is 2.19 bits per heavy atom. The number of carbonyl (C=O) groups excluding carboxylic acids is 1. The van der Waals surface area contributed by atoms with Gasteiger partial charge in [-0.2, -0.15) is 11.8 Å². The molecule has 0 saturated carbocycles. The highest BCUT2D eigenvalue weighted by Gasteiger charge is 2.21. The second-order valence-electron chi connectivity index (χ2n) is 3.40.